The molecule has 1 aliphatic heterocycles. The van der Waals surface area contributed by atoms with Crippen LogP contribution in [-0.4, -0.2) is 47.4 Å². The average molecular weight is 354 g/mol. The molecule has 2 aliphatic rings. The number of carbonyl (C=O) groups excluding carboxylic acids is 1. The molecule has 1 aliphatic carbocycles. The van der Waals surface area contributed by atoms with E-state index >= 15 is 0 Å². The van der Waals surface area contributed by atoms with E-state index in [4.69, 9.17) is 4.74 Å². The highest BCUT2D eigenvalue weighted by atomic mass is 19.1. The summed E-state index contributed by atoms with van der Waals surface area (Å²) in [5, 5.41) is 11.2. The predicted molar refractivity (Wildman–Crippen MR) is 98.4 cm³/mol. The number of rotatable bonds is 2. The molecule has 0 atom stereocenters. The van der Waals surface area contributed by atoms with Gasteiger partial charge >= 0.3 is 6.03 Å². The number of anilines is 1. The van der Waals surface area contributed by atoms with Gasteiger partial charge in [0.1, 0.15) is 5.83 Å². The van der Waals surface area contributed by atoms with Crippen LogP contribution >= 0.6 is 0 Å². The Balaban J connectivity index is 1.59. The average Bonchev–Trinajstić information content (AvgIpc) is 2.96. The van der Waals surface area contributed by atoms with Gasteiger partial charge in [0, 0.05) is 24.2 Å². The Labute approximate surface area is 150 Å². The summed E-state index contributed by atoms with van der Waals surface area (Å²) >= 11 is 0. The van der Waals surface area contributed by atoms with Gasteiger partial charge in [-0.2, -0.15) is 5.10 Å². The molecule has 6 nitrogen and oxygen atoms in total. The number of amides is 2. The van der Waals surface area contributed by atoms with Gasteiger partial charge in [0.25, 0.3) is 0 Å². The van der Waals surface area contributed by atoms with Crippen molar-refractivity contribution in [2.45, 2.75) is 6.42 Å². The monoisotopic (exact) mass is 354 g/mol. The number of aromatic amines is 1. The minimum Gasteiger partial charge on any atom is -0.378 e. The number of fused-ring (bicyclic) bond motifs is 1. The lowest BCUT2D eigenvalue weighted by Crippen LogP contribution is -2.43. The Bertz CT molecular complexity index is 923. The largest absolute Gasteiger partial charge is 0.378 e. The van der Waals surface area contributed by atoms with Crippen LogP contribution in [0.1, 0.15) is 12.1 Å². The molecule has 2 heterocycles. The molecule has 0 spiro atoms. The van der Waals surface area contributed by atoms with Gasteiger partial charge in [-0.05, 0) is 42.3 Å². The van der Waals surface area contributed by atoms with Crippen LogP contribution in [0.3, 0.4) is 0 Å². The lowest BCUT2D eigenvalue weighted by Gasteiger charge is -2.26. The first-order chi connectivity index (χ1) is 12.7. The van der Waals surface area contributed by atoms with Gasteiger partial charge in [-0.1, -0.05) is 12.2 Å². The second-order valence-corrected chi connectivity index (χ2v) is 6.18. The molecule has 2 N–H and O–H groups in total. The first-order valence-corrected chi connectivity index (χ1v) is 8.57. The number of benzene rings is 1. The number of ether oxygens (including phenoxy) is 1. The van der Waals surface area contributed by atoms with Crippen molar-refractivity contribution >= 4 is 28.2 Å². The first-order valence-electron chi connectivity index (χ1n) is 8.57. The zero-order valence-electron chi connectivity index (χ0n) is 14.2. The van der Waals surface area contributed by atoms with E-state index < -0.39 is 0 Å². The lowest BCUT2D eigenvalue weighted by atomic mass is 10.1. The van der Waals surface area contributed by atoms with E-state index in [-0.39, 0.29) is 11.9 Å². The number of morpholine rings is 1. The van der Waals surface area contributed by atoms with E-state index in [2.05, 4.69) is 15.5 Å². The molecule has 2 aromatic rings. The highest BCUT2D eigenvalue weighted by molar-refractivity contribution is 5.97. The van der Waals surface area contributed by atoms with Gasteiger partial charge < -0.3 is 15.0 Å². The summed E-state index contributed by atoms with van der Waals surface area (Å²) in [7, 11) is 0. The molecule has 1 aromatic carbocycles. The molecule has 134 valence electrons. The van der Waals surface area contributed by atoms with Crippen molar-refractivity contribution in [3.05, 3.63) is 54.0 Å². The molecule has 0 radical (unpaired) electrons. The van der Waals surface area contributed by atoms with E-state index in [1.165, 1.54) is 12.2 Å². The third kappa shape index (κ3) is 3.39. The van der Waals surface area contributed by atoms with Gasteiger partial charge in [-0.15, -0.1) is 0 Å². The summed E-state index contributed by atoms with van der Waals surface area (Å²) in [4.78, 5) is 14.1. The molecule has 26 heavy (non-hydrogen) atoms. The second-order valence-electron chi connectivity index (χ2n) is 6.18. The molecule has 0 unspecified atom stereocenters. The van der Waals surface area contributed by atoms with Gasteiger partial charge in [0.2, 0.25) is 0 Å². The van der Waals surface area contributed by atoms with Gasteiger partial charge in [-0.3, -0.25) is 5.10 Å². The molecule has 7 heteroatoms. The quantitative estimate of drug-likeness (QED) is 0.865. The Hall–Kier alpha value is -2.93. The third-order valence-corrected chi connectivity index (χ3v) is 4.46. The second kappa shape index (κ2) is 7.13. The molecular formula is C19H19FN4O2. The van der Waals surface area contributed by atoms with Crippen molar-refractivity contribution in [1.29, 1.82) is 0 Å². The SMILES string of the molecule is O=C(Nc1ccc2[nH]nc(C3=CCC=C(F)C=C3)c2c1)N1CCOCC1. The number of nitrogens with zero attached hydrogens (tertiary/aromatic N) is 2. The van der Waals surface area contributed by atoms with Gasteiger partial charge in [-0.25, -0.2) is 9.18 Å². The maximum absolute atomic E-state index is 13.4. The standard InChI is InChI=1S/C19H19FN4O2/c20-14-3-1-2-13(4-5-14)18-16-12-15(6-7-17(16)22-23-18)21-19(25)24-8-10-26-11-9-24/h2-7,12H,1,8-11H2,(H,21,25)(H,22,23). The van der Waals surface area contributed by atoms with Crippen LogP contribution in [0.2, 0.25) is 0 Å². The summed E-state index contributed by atoms with van der Waals surface area (Å²) < 4.78 is 18.7. The van der Waals surface area contributed by atoms with Crippen molar-refractivity contribution < 1.29 is 13.9 Å². The fourth-order valence-electron chi connectivity index (χ4n) is 3.06. The van der Waals surface area contributed by atoms with E-state index in [1.54, 1.807) is 11.0 Å². The summed E-state index contributed by atoms with van der Waals surface area (Å²) in [5.74, 6) is -0.255. The molecule has 1 fully saturated rings. The number of hydrogen-bond acceptors (Lipinski definition) is 3. The Morgan fingerprint density at radius 2 is 2.08 bits per heavy atom. The third-order valence-electron chi connectivity index (χ3n) is 4.46. The van der Waals surface area contributed by atoms with Crippen molar-refractivity contribution in [2.24, 2.45) is 0 Å². The molecule has 4 rings (SSSR count). The van der Waals surface area contributed by atoms with Crippen LogP contribution in [0.5, 0.6) is 0 Å². The molecule has 1 saturated heterocycles. The molecule has 2 amide bonds. The fourth-order valence-corrected chi connectivity index (χ4v) is 3.06. The zero-order valence-corrected chi connectivity index (χ0v) is 14.2. The highest BCUT2D eigenvalue weighted by Gasteiger charge is 2.17. The molecule has 0 saturated carbocycles. The van der Waals surface area contributed by atoms with Crippen molar-refractivity contribution in [1.82, 2.24) is 15.1 Å². The Morgan fingerprint density at radius 3 is 2.92 bits per heavy atom. The fraction of sp³-hybridized carbons (Fsp3) is 0.263. The maximum atomic E-state index is 13.4. The molecule has 1 aromatic heterocycles. The number of aromatic nitrogens is 2. The lowest BCUT2D eigenvalue weighted by molar-refractivity contribution is 0.0564. The van der Waals surface area contributed by atoms with Crippen LogP contribution in [-0.2, 0) is 4.74 Å². The van der Waals surface area contributed by atoms with Gasteiger partial charge in [0.15, 0.2) is 0 Å². The highest BCUT2D eigenvalue weighted by Crippen LogP contribution is 2.28. The van der Waals surface area contributed by atoms with E-state index in [0.29, 0.717) is 38.4 Å². The number of H-pyrrole nitrogens is 1. The first kappa shape index (κ1) is 16.5. The van der Waals surface area contributed by atoms with E-state index in [1.807, 2.05) is 24.3 Å². The maximum Gasteiger partial charge on any atom is 0.321 e. The van der Waals surface area contributed by atoms with Crippen LogP contribution < -0.4 is 5.32 Å². The van der Waals surface area contributed by atoms with Crippen molar-refractivity contribution in [3.63, 3.8) is 0 Å². The number of nitrogens with one attached hydrogen (secondary N) is 2. The van der Waals surface area contributed by atoms with E-state index in [9.17, 15) is 9.18 Å². The normalized spacial score (nSPS) is 17.7. The molecule has 0 bridgehead atoms. The minimum absolute atomic E-state index is 0.141. The summed E-state index contributed by atoms with van der Waals surface area (Å²) in [6.07, 6.45) is 7.11. The van der Waals surface area contributed by atoms with Crippen molar-refractivity contribution in [2.75, 3.05) is 31.6 Å². The van der Waals surface area contributed by atoms with Crippen LogP contribution in [0.4, 0.5) is 14.9 Å². The zero-order chi connectivity index (χ0) is 17.9. The minimum atomic E-state index is -0.255. The number of urea groups is 1. The predicted octanol–water partition coefficient (Wildman–Crippen LogP) is 3.62. The summed E-state index contributed by atoms with van der Waals surface area (Å²) in [6, 6.07) is 5.45. The topological polar surface area (TPSA) is 70.2 Å². The van der Waals surface area contributed by atoms with Gasteiger partial charge in [0.05, 0.1) is 24.4 Å². The number of carbonyl (C=O) groups is 1. The number of halogens is 1. The van der Waals surface area contributed by atoms with Crippen molar-refractivity contribution in [3.8, 4) is 0 Å². The summed E-state index contributed by atoms with van der Waals surface area (Å²) in [5.41, 5.74) is 3.13. The van der Waals surface area contributed by atoms with E-state index in [0.717, 1.165) is 22.2 Å². The number of hydrogen-bond donors (Lipinski definition) is 2. The smallest absolute Gasteiger partial charge is 0.321 e. The van der Waals surface area contributed by atoms with Crippen LogP contribution in [0.25, 0.3) is 16.5 Å². The summed E-state index contributed by atoms with van der Waals surface area (Å²) in [6.45, 7) is 2.29. The van der Waals surface area contributed by atoms with Crippen LogP contribution in [0, 0.1) is 0 Å². The Morgan fingerprint density at radius 1 is 1.23 bits per heavy atom. The molecular weight excluding hydrogens is 335 g/mol. The Kier molecular flexibility index (Phi) is 4.53. The number of allylic oxidation sites excluding steroid dienone is 6. The van der Waals surface area contributed by atoms with Crippen LogP contribution in [0.15, 0.2) is 48.3 Å².